The molecular weight excluding hydrogens is 395 g/mol. The number of hydrazone groups is 1. The number of carbonyl (C=O) groups is 1. The van der Waals surface area contributed by atoms with Crippen LogP contribution in [0.15, 0.2) is 65.9 Å². The minimum atomic E-state index is -0.680. The third-order valence-electron chi connectivity index (χ3n) is 3.83. The molecule has 9 nitrogen and oxygen atoms in total. The molecule has 10 heteroatoms. The second-order valence-corrected chi connectivity index (χ2v) is 5.80. The molecule has 2 aromatic carbocycles. The Hall–Kier alpha value is -4.34. The van der Waals surface area contributed by atoms with Crippen molar-refractivity contribution in [3.8, 4) is 17.4 Å². The number of rotatable bonds is 7. The number of nitrogens with zero attached hydrogens (tertiary/aromatic N) is 3. The predicted molar refractivity (Wildman–Crippen MR) is 105 cm³/mol. The molecular formula is C20H15FN4O5. The van der Waals surface area contributed by atoms with E-state index < -0.39 is 16.6 Å². The van der Waals surface area contributed by atoms with Crippen LogP contribution in [0.1, 0.15) is 15.9 Å². The molecule has 0 aliphatic heterocycles. The van der Waals surface area contributed by atoms with Crippen molar-refractivity contribution in [3.63, 3.8) is 0 Å². The Morgan fingerprint density at radius 1 is 1.20 bits per heavy atom. The fourth-order valence-electron chi connectivity index (χ4n) is 2.37. The Morgan fingerprint density at radius 2 is 2.00 bits per heavy atom. The molecule has 0 unspecified atom stereocenters. The van der Waals surface area contributed by atoms with Crippen molar-refractivity contribution in [2.75, 3.05) is 7.11 Å². The lowest BCUT2D eigenvalue weighted by Crippen LogP contribution is -2.18. The van der Waals surface area contributed by atoms with Crippen molar-refractivity contribution in [1.29, 1.82) is 0 Å². The van der Waals surface area contributed by atoms with Crippen molar-refractivity contribution < 1.29 is 23.6 Å². The summed E-state index contributed by atoms with van der Waals surface area (Å²) in [6, 6.07) is 13.0. The minimum absolute atomic E-state index is 0.119. The van der Waals surface area contributed by atoms with Crippen molar-refractivity contribution >= 4 is 17.8 Å². The summed E-state index contributed by atoms with van der Waals surface area (Å²) >= 11 is 0. The lowest BCUT2D eigenvalue weighted by Gasteiger charge is -2.10. The Morgan fingerprint density at radius 3 is 2.67 bits per heavy atom. The van der Waals surface area contributed by atoms with Crippen LogP contribution in [0.25, 0.3) is 0 Å². The van der Waals surface area contributed by atoms with Gasteiger partial charge in [0.05, 0.1) is 23.8 Å². The highest BCUT2D eigenvalue weighted by atomic mass is 19.1. The van der Waals surface area contributed by atoms with Crippen LogP contribution in [0.2, 0.25) is 0 Å². The van der Waals surface area contributed by atoms with Gasteiger partial charge in [0.2, 0.25) is 5.88 Å². The molecule has 1 heterocycles. The molecule has 3 aromatic rings. The van der Waals surface area contributed by atoms with Crippen LogP contribution < -0.4 is 14.9 Å². The second kappa shape index (κ2) is 9.24. The number of aromatic nitrogens is 1. The number of nitrogens with one attached hydrogen (secondary N) is 1. The zero-order valence-electron chi connectivity index (χ0n) is 15.6. The zero-order chi connectivity index (χ0) is 21.5. The van der Waals surface area contributed by atoms with Crippen LogP contribution in [0, 0.1) is 15.9 Å². The van der Waals surface area contributed by atoms with Crippen molar-refractivity contribution in [2.45, 2.75) is 0 Å². The highest BCUT2D eigenvalue weighted by Crippen LogP contribution is 2.31. The van der Waals surface area contributed by atoms with E-state index in [4.69, 9.17) is 9.47 Å². The maximum atomic E-state index is 13.6. The van der Waals surface area contributed by atoms with Gasteiger partial charge >= 0.3 is 0 Å². The van der Waals surface area contributed by atoms with E-state index in [-0.39, 0.29) is 17.1 Å². The summed E-state index contributed by atoms with van der Waals surface area (Å²) in [4.78, 5) is 25.9. The fraction of sp³-hybridized carbons (Fsp3) is 0.0500. The summed E-state index contributed by atoms with van der Waals surface area (Å²) in [7, 11) is 1.44. The van der Waals surface area contributed by atoms with Gasteiger partial charge < -0.3 is 9.47 Å². The van der Waals surface area contributed by atoms with Crippen LogP contribution in [-0.2, 0) is 0 Å². The molecule has 0 bridgehead atoms. The third kappa shape index (κ3) is 4.93. The largest absolute Gasteiger partial charge is 0.493 e. The van der Waals surface area contributed by atoms with Crippen LogP contribution in [-0.4, -0.2) is 29.1 Å². The highest BCUT2D eigenvalue weighted by Gasteiger charge is 2.11. The van der Waals surface area contributed by atoms with Crippen LogP contribution in [0.5, 0.6) is 17.4 Å². The SMILES string of the molecule is COc1cc(/C=N\NC(=O)c2ccccc2F)ccc1Oc1ccc([N+](=O)[O-])cn1. The normalized spacial score (nSPS) is 10.6. The molecule has 1 aromatic heterocycles. The van der Waals surface area contributed by atoms with Crippen molar-refractivity contribution in [2.24, 2.45) is 5.10 Å². The molecule has 152 valence electrons. The molecule has 0 saturated carbocycles. The number of nitro groups is 1. The average molecular weight is 410 g/mol. The molecule has 0 spiro atoms. The van der Waals surface area contributed by atoms with Gasteiger partial charge in [-0.05, 0) is 35.9 Å². The monoisotopic (exact) mass is 410 g/mol. The molecule has 3 rings (SSSR count). The molecule has 0 atom stereocenters. The Kier molecular flexibility index (Phi) is 6.28. The van der Waals surface area contributed by atoms with Gasteiger partial charge in [-0.25, -0.2) is 14.8 Å². The number of pyridine rings is 1. The van der Waals surface area contributed by atoms with Gasteiger partial charge in [-0.3, -0.25) is 14.9 Å². The van der Waals surface area contributed by atoms with E-state index in [1.807, 2.05) is 0 Å². The fourth-order valence-corrected chi connectivity index (χ4v) is 2.37. The number of halogens is 1. The van der Waals surface area contributed by atoms with E-state index in [1.165, 1.54) is 43.7 Å². The molecule has 1 amide bonds. The first-order valence-corrected chi connectivity index (χ1v) is 8.52. The number of amides is 1. The van der Waals surface area contributed by atoms with Crippen molar-refractivity contribution in [3.05, 3.63) is 87.9 Å². The highest BCUT2D eigenvalue weighted by molar-refractivity contribution is 5.95. The quantitative estimate of drug-likeness (QED) is 0.361. The number of hydrogen-bond acceptors (Lipinski definition) is 7. The number of methoxy groups -OCH3 is 1. The smallest absolute Gasteiger partial charge is 0.287 e. The number of ether oxygens (including phenoxy) is 2. The maximum absolute atomic E-state index is 13.6. The molecule has 0 fully saturated rings. The van der Waals surface area contributed by atoms with E-state index in [0.29, 0.717) is 17.1 Å². The molecule has 0 saturated heterocycles. The van der Waals surface area contributed by atoms with Crippen LogP contribution in [0.4, 0.5) is 10.1 Å². The van der Waals surface area contributed by atoms with Gasteiger partial charge in [0.1, 0.15) is 12.0 Å². The Bertz CT molecular complexity index is 1100. The summed E-state index contributed by atoms with van der Waals surface area (Å²) in [5.41, 5.74) is 2.55. The van der Waals surface area contributed by atoms with Gasteiger partial charge in [0.15, 0.2) is 11.5 Å². The summed E-state index contributed by atoms with van der Waals surface area (Å²) in [6.45, 7) is 0. The van der Waals surface area contributed by atoms with Gasteiger partial charge in [0, 0.05) is 12.1 Å². The molecule has 1 N–H and O–H groups in total. The van der Waals surface area contributed by atoms with Gasteiger partial charge in [-0.2, -0.15) is 5.10 Å². The lowest BCUT2D eigenvalue weighted by molar-refractivity contribution is -0.385. The van der Waals surface area contributed by atoms with E-state index >= 15 is 0 Å². The van der Waals surface area contributed by atoms with E-state index in [9.17, 15) is 19.3 Å². The lowest BCUT2D eigenvalue weighted by atomic mass is 10.2. The number of benzene rings is 2. The van der Waals surface area contributed by atoms with Crippen LogP contribution in [0.3, 0.4) is 0 Å². The molecule has 30 heavy (non-hydrogen) atoms. The maximum Gasteiger partial charge on any atom is 0.287 e. The van der Waals surface area contributed by atoms with Crippen molar-refractivity contribution in [1.82, 2.24) is 10.4 Å². The zero-order valence-corrected chi connectivity index (χ0v) is 15.6. The van der Waals surface area contributed by atoms with Gasteiger partial charge in [0.25, 0.3) is 11.6 Å². The first-order valence-electron chi connectivity index (χ1n) is 8.52. The topological polar surface area (TPSA) is 116 Å². The van der Waals surface area contributed by atoms with Crippen LogP contribution >= 0.6 is 0 Å². The van der Waals surface area contributed by atoms with E-state index in [2.05, 4.69) is 15.5 Å². The van der Waals surface area contributed by atoms with Gasteiger partial charge in [-0.1, -0.05) is 12.1 Å². The molecule has 0 aliphatic rings. The summed E-state index contributed by atoms with van der Waals surface area (Å²) in [5.74, 6) is -0.503. The number of hydrogen-bond donors (Lipinski definition) is 1. The minimum Gasteiger partial charge on any atom is -0.493 e. The van der Waals surface area contributed by atoms with Gasteiger partial charge in [-0.15, -0.1) is 0 Å². The van der Waals surface area contributed by atoms with E-state index in [1.54, 1.807) is 24.3 Å². The standard InChI is InChI=1S/C20H15FN4O5/c1-29-18-10-13(11-23-24-20(26)15-4-2-3-5-16(15)21)6-8-17(18)30-19-9-7-14(12-22-19)25(27)28/h2-12H,1H3,(H,24,26)/b23-11-. The Labute approximate surface area is 169 Å². The second-order valence-electron chi connectivity index (χ2n) is 5.80. The summed E-state index contributed by atoms with van der Waals surface area (Å²) in [6.07, 6.45) is 2.44. The predicted octanol–water partition coefficient (Wildman–Crippen LogP) is 3.69. The molecule has 0 aliphatic carbocycles. The average Bonchev–Trinajstić information content (AvgIpc) is 2.75. The summed E-state index contributed by atoms with van der Waals surface area (Å²) in [5, 5.41) is 14.5. The summed E-state index contributed by atoms with van der Waals surface area (Å²) < 4.78 is 24.5. The van der Waals surface area contributed by atoms with E-state index in [0.717, 1.165) is 6.20 Å². The number of carbonyl (C=O) groups excluding carboxylic acids is 1. The molecule has 0 radical (unpaired) electrons. The first-order chi connectivity index (χ1) is 14.5. The Balaban J connectivity index is 1.69. The first kappa shape index (κ1) is 20.4. The third-order valence-corrected chi connectivity index (χ3v) is 3.83.